The van der Waals surface area contributed by atoms with Crippen LogP contribution in [0.1, 0.15) is 6.42 Å². The molecule has 1 aromatic rings. The van der Waals surface area contributed by atoms with Crippen molar-refractivity contribution in [3.8, 4) is 5.75 Å². The number of ether oxygens (including phenoxy) is 2. The van der Waals surface area contributed by atoms with Crippen molar-refractivity contribution in [2.24, 2.45) is 0 Å². The number of aliphatic hydroxyl groups excluding tert-OH is 1. The normalized spacial score (nSPS) is 29.7. The van der Waals surface area contributed by atoms with Gasteiger partial charge in [-0.25, -0.2) is 0 Å². The monoisotopic (exact) mass is 320 g/mol. The minimum atomic E-state index is -0.388. The lowest BCUT2D eigenvalue weighted by atomic mass is 9.88. The van der Waals surface area contributed by atoms with Gasteiger partial charge in [-0.1, -0.05) is 12.1 Å². The van der Waals surface area contributed by atoms with E-state index in [4.69, 9.17) is 9.47 Å². The second-order valence-electron chi connectivity index (χ2n) is 3.59. The van der Waals surface area contributed by atoms with Crippen LogP contribution in [0.2, 0.25) is 0 Å². The average Bonchev–Trinajstić information content (AvgIpc) is 2.20. The molecule has 4 heteroatoms. The highest BCUT2D eigenvalue weighted by atomic mass is 127. The van der Waals surface area contributed by atoms with E-state index in [1.807, 2.05) is 24.3 Å². The van der Waals surface area contributed by atoms with Gasteiger partial charge in [0, 0.05) is 13.5 Å². The second kappa shape index (κ2) is 4.67. The summed E-state index contributed by atoms with van der Waals surface area (Å²) in [5.74, 6) is 0.858. The third-order valence-electron chi connectivity index (χ3n) is 2.61. The van der Waals surface area contributed by atoms with Crippen molar-refractivity contribution in [1.29, 1.82) is 0 Å². The summed E-state index contributed by atoms with van der Waals surface area (Å²) >= 11 is 2.23. The molecule has 3 nitrogen and oxygen atoms in total. The number of aliphatic hydroxyl groups is 1. The van der Waals surface area contributed by atoms with Gasteiger partial charge in [-0.15, -0.1) is 0 Å². The maximum atomic E-state index is 9.42. The van der Waals surface area contributed by atoms with E-state index < -0.39 is 0 Å². The minimum absolute atomic E-state index is 0.0269. The Kier molecular flexibility index (Phi) is 3.48. The molecular weight excluding hydrogens is 307 g/mol. The van der Waals surface area contributed by atoms with Gasteiger partial charge in [-0.2, -0.15) is 0 Å². The van der Waals surface area contributed by atoms with Crippen molar-refractivity contribution in [2.75, 3.05) is 7.11 Å². The molecule has 2 rings (SSSR count). The molecule has 3 atom stereocenters. The topological polar surface area (TPSA) is 38.7 Å². The first-order valence-electron chi connectivity index (χ1n) is 4.84. The Bertz CT molecular complexity index is 342. The van der Waals surface area contributed by atoms with Crippen LogP contribution >= 0.6 is 22.6 Å². The van der Waals surface area contributed by atoms with E-state index in [1.54, 1.807) is 7.11 Å². The lowest BCUT2D eigenvalue weighted by Crippen LogP contribution is -2.54. The molecule has 1 N–H and O–H groups in total. The summed E-state index contributed by atoms with van der Waals surface area (Å²) in [6, 6.07) is 7.83. The molecule has 1 fully saturated rings. The molecule has 1 aliphatic carbocycles. The van der Waals surface area contributed by atoms with Gasteiger partial charge in [0.1, 0.15) is 18.0 Å². The molecule has 0 spiro atoms. The van der Waals surface area contributed by atoms with E-state index in [1.165, 1.54) is 0 Å². The van der Waals surface area contributed by atoms with E-state index in [0.717, 1.165) is 9.32 Å². The number of benzene rings is 1. The van der Waals surface area contributed by atoms with Crippen LogP contribution in [-0.4, -0.2) is 30.5 Å². The van der Waals surface area contributed by atoms with Crippen LogP contribution in [0.25, 0.3) is 0 Å². The fourth-order valence-corrected chi connectivity index (χ4v) is 2.20. The highest BCUT2D eigenvalue weighted by Crippen LogP contribution is 2.30. The van der Waals surface area contributed by atoms with Gasteiger partial charge in [0.2, 0.25) is 0 Å². The SMILES string of the molecule is COC1C(O)CC1Oc1ccccc1I. The zero-order valence-corrected chi connectivity index (χ0v) is 10.5. The summed E-state index contributed by atoms with van der Waals surface area (Å²) < 4.78 is 12.0. The zero-order chi connectivity index (χ0) is 10.8. The molecular formula is C11H13IO3. The Morgan fingerprint density at radius 1 is 1.40 bits per heavy atom. The average molecular weight is 320 g/mol. The summed E-state index contributed by atoms with van der Waals surface area (Å²) in [6.07, 6.45) is 0.0343. The van der Waals surface area contributed by atoms with Crippen molar-refractivity contribution >= 4 is 22.6 Å². The smallest absolute Gasteiger partial charge is 0.133 e. The van der Waals surface area contributed by atoms with Crippen molar-refractivity contribution in [2.45, 2.75) is 24.7 Å². The first-order valence-corrected chi connectivity index (χ1v) is 5.92. The van der Waals surface area contributed by atoms with Gasteiger partial charge in [0.05, 0.1) is 9.67 Å². The molecule has 0 saturated heterocycles. The molecule has 0 radical (unpaired) electrons. The predicted octanol–water partition coefficient (Wildman–Crippen LogP) is 1.82. The minimum Gasteiger partial charge on any atom is -0.486 e. The number of halogens is 1. The number of para-hydroxylation sites is 1. The molecule has 0 aliphatic heterocycles. The Morgan fingerprint density at radius 2 is 2.13 bits per heavy atom. The van der Waals surface area contributed by atoms with Gasteiger partial charge in [0.25, 0.3) is 0 Å². The molecule has 0 aromatic heterocycles. The largest absolute Gasteiger partial charge is 0.486 e. The highest BCUT2D eigenvalue weighted by Gasteiger charge is 2.42. The second-order valence-corrected chi connectivity index (χ2v) is 4.75. The first-order chi connectivity index (χ1) is 7.22. The van der Waals surface area contributed by atoms with Crippen LogP contribution in [0.3, 0.4) is 0 Å². The van der Waals surface area contributed by atoms with E-state index >= 15 is 0 Å². The van der Waals surface area contributed by atoms with Crippen molar-refractivity contribution < 1.29 is 14.6 Å². The Labute approximate surface area is 103 Å². The summed E-state index contributed by atoms with van der Waals surface area (Å²) in [7, 11) is 1.60. The number of methoxy groups -OCH3 is 1. The number of hydrogen-bond donors (Lipinski definition) is 1. The van der Waals surface area contributed by atoms with E-state index in [2.05, 4.69) is 22.6 Å². The lowest BCUT2D eigenvalue weighted by Gasteiger charge is -2.40. The third kappa shape index (κ3) is 2.26. The van der Waals surface area contributed by atoms with Crippen molar-refractivity contribution in [1.82, 2.24) is 0 Å². The van der Waals surface area contributed by atoms with Crippen molar-refractivity contribution in [3.05, 3.63) is 27.8 Å². The van der Waals surface area contributed by atoms with E-state index in [-0.39, 0.29) is 18.3 Å². The molecule has 1 aromatic carbocycles. The Balaban J connectivity index is 2.01. The molecule has 1 aliphatic rings. The molecule has 0 amide bonds. The molecule has 3 unspecified atom stereocenters. The van der Waals surface area contributed by atoms with Gasteiger partial charge in [-0.05, 0) is 34.7 Å². The van der Waals surface area contributed by atoms with Gasteiger partial charge < -0.3 is 14.6 Å². The van der Waals surface area contributed by atoms with Crippen LogP contribution in [-0.2, 0) is 4.74 Å². The van der Waals surface area contributed by atoms with Gasteiger partial charge >= 0.3 is 0 Å². The van der Waals surface area contributed by atoms with Gasteiger partial charge in [0.15, 0.2) is 0 Å². The summed E-state index contributed by atoms with van der Waals surface area (Å²) in [5, 5.41) is 9.42. The fraction of sp³-hybridized carbons (Fsp3) is 0.455. The van der Waals surface area contributed by atoms with Crippen molar-refractivity contribution in [3.63, 3.8) is 0 Å². The Morgan fingerprint density at radius 3 is 2.73 bits per heavy atom. The van der Waals surface area contributed by atoms with Crippen LogP contribution in [0.4, 0.5) is 0 Å². The summed E-state index contributed by atoms with van der Waals surface area (Å²) in [6.45, 7) is 0. The van der Waals surface area contributed by atoms with Crippen LogP contribution in [0.5, 0.6) is 5.75 Å². The van der Waals surface area contributed by atoms with E-state index in [9.17, 15) is 5.11 Å². The zero-order valence-electron chi connectivity index (χ0n) is 8.39. The molecule has 0 heterocycles. The predicted molar refractivity (Wildman–Crippen MR) is 65.0 cm³/mol. The van der Waals surface area contributed by atoms with Crippen LogP contribution in [0.15, 0.2) is 24.3 Å². The quantitative estimate of drug-likeness (QED) is 0.864. The van der Waals surface area contributed by atoms with Crippen LogP contribution in [0, 0.1) is 3.57 Å². The summed E-state index contributed by atoms with van der Waals surface area (Å²) in [5.41, 5.74) is 0. The maximum Gasteiger partial charge on any atom is 0.133 e. The molecule has 0 bridgehead atoms. The molecule has 82 valence electrons. The third-order valence-corrected chi connectivity index (χ3v) is 3.50. The van der Waals surface area contributed by atoms with Gasteiger partial charge in [-0.3, -0.25) is 0 Å². The molecule has 1 saturated carbocycles. The first kappa shape index (κ1) is 11.2. The Hall–Kier alpha value is -0.330. The highest BCUT2D eigenvalue weighted by molar-refractivity contribution is 14.1. The number of hydrogen-bond acceptors (Lipinski definition) is 3. The van der Waals surface area contributed by atoms with E-state index in [0.29, 0.717) is 6.42 Å². The fourth-order valence-electron chi connectivity index (χ4n) is 1.69. The van der Waals surface area contributed by atoms with Crippen LogP contribution < -0.4 is 4.74 Å². The number of rotatable bonds is 3. The molecule has 15 heavy (non-hydrogen) atoms. The standard InChI is InChI=1S/C11H13IO3/c1-14-11-8(13)6-10(11)15-9-5-3-2-4-7(9)12/h2-5,8,10-11,13H,6H2,1H3. The maximum absolute atomic E-state index is 9.42. The summed E-state index contributed by atoms with van der Waals surface area (Å²) in [4.78, 5) is 0. The lowest BCUT2D eigenvalue weighted by molar-refractivity contribution is -0.149.